The summed E-state index contributed by atoms with van der Waals surface area (Å²) in [6.45, 7) is 5.52. The Labute approximate surface area is 123 Å². The molecule has 2 fully saturated rings. The van der Waals surface area contributed by atoms with Crippen LogP contribution in [0.5, 0.6) is 0 Å². The van der Waals surface area contributed by atoms with Crippen molar-refractivity contribution in [3.8, 4) is 0 Å². The molecule has 116 valence electrons. The highest BCUT2D eigenvalue weighted by atomic mass is 16.1. The van der Waals surface area contributed by atoms with Crippen molar-refractivity contribution < 1.29 is 4.79 Å². The van der Waals surface area contributed by atoms with Gasteiger partial charge in [0.25, 0.3) is 0 Å². The summed E-state index contributed by atoms with van der Waals surface area (Å²) in [6.07, 6.45) is 9.08. The predicted octanol–water partition coefficient (Wildman–Crippen LogP) is 1.88. The van der Waals surface area contributed by atoms with Crippen molar-refractivity contribution in [3.05, 3.63) is 0 Å². The van der Waals surface area contributed by atoms with Gasteiger partial charge >= 0.3 is 0 Å². The SMILES string of the molecule is CC(CN1CCCCC1)NC(=O)CC1CCC(N)CC1. The third-order valence-corrected chi connectivity index (χ3v) is 4.75. The molecule has 1 heterocycles. The van der Waals surface area contributed by atoms with Crippen LogP contribution in [0, 0.1) is 5.92 Å². The van der Waals surface area contributed by atoms with E-state index in [4.69, 9.17) is 5.73 Å². The van der Waals surface area contributed by atoms with Crippen LogP contribution in [0.25, 0.3) is 0 Å². The number of nitrogens with zero attached hydrogens (tertiary/aromatic N) is 1. The van der Waals surface area contributed by atoms with Crippen LogP contribution in [0.2, 0.25) is 0 Å². The first-order chi connectivity index (χ1) is 9.63. The largest absolute Gasteiger partial charge is 0.352 e. The number of nitrogens with two attached hydrogens (primary N) is 1. The van der Waals surface area contributed by atoms with Crippen molar-refractivity contribution in [1.29, 1.82) is 0 Å². The van der Waals surface area contributed by atoms with Gasteiger partial charge in [0.05, 0.1) is 0 Å². The van der Waals surface area contributed by atoms with Gasteiger partial charge in [-0.3, -0.25) is 4.79 Å². The van der Waals surface area contributed by atoms with E-state index < -0.39 is 0 Å². The van der Waals surface area contributed by atoms with Crippen LogP contribution in [0.4, 0.5) is 0 Å². The smallest absolute Gasteiger partial charge is 0.220 e. The molecule has 2 aliphatic rings. The summed E-state index contributed by atoms with van der Waals surface area (Å²) in [6, 6.07) is 0.638. The number of nitrogens with one attached hydrogen (secondary N) is 1. The maximum Gasteiger partial charge on any atom is 0.220 e. The molecule has 1 amide bonds. The van der Waals surface area contributed by atoms with E-state index in [0.717, 1.165) is 32.2 Å². The molecule has 3 N–H and O–H groups in total. The van der Waals surface area contributed by atoms with Crippen LogP contribution in [0.15, 0.2) is 0 Å². The van der Waals surface area contributed by atoms with Gasteiger partial charge in [0.15, 0.2) is 0 Å². The fourth-order valence-electron chi connectivity index (χ4n) is 3.56. The summed E-state index contributed by atoms with van der Waals surface area (Å²) in [5.41, 5.74) is 5.91. The van der Waals surface area contributed by atoms with Crippen LogP contribution in [0.3, 0.4) is 0 Å². The highest BCUT2D eigenvalue weighted by molar-refractivity contribution is 5.76. The molecule has 0 aromatic heterocycles. The second-order valence-electron chi connectivity index (χ2n) is 6.81. The fraction of sp³-hybridized carbons (Fsp3) is 0.938. The zero-order chi connectivity index (χ0) is 14.4. The van der Waals surface area contributed by atoms with Crippen molar-refractivity contribution in [2.75, 3.05) is 19.6 Å². The van der Waals surface area contributed by atoms with Crippen molar-refractivity contribution in [2.24, 2.45) is 11.7 Å². The number of carbonyl (C=O) groups is 1. The maximum atomic E-state index is 12.1. The zero-order valence-electron chi connectivity index (χ0n) is 12.9. The van der Waals surface area contributed by atoms with Crippen molar-refractivity contribution in [2.45, 2.75) is 70.4 Å². The Bertz CT molecular complexity index is 294. The van der Waals surface area contributed by atoms with Gasteiger partial charge in [0.1, 0.15) is 0 Å². The van der Waals surface area contributed by atoms with E-state index in [2.05, 4.69) is 17.1 Å². The van der Waals surface area contributed by atoms with Gasteiger partial charge in [-0.1, -0.05) is 6.42 Å². The molecular formula is C16H31N3O. The Kier molecular flexibility index (Phi) is 6.30. The molecule has 0 spiro atoms. The van der Waals surface area contributed by atoms with Gasteiger partial charge in [-0.05, 0) is 64.5 Å². The summed E-state index contributed by atoms with van der Waals surface area (Å²) in [7, 11) is 0. The van der Waals surface area contributed by atoms with Crippen molar-refractivity contribution in [3.63, 3.8) is 0 Å². The number of rotatable bonds is 5. The van der Waals surface area contributed by atoms with Crippen LogP contribution in [-0.2, 0) is 4.79 Å². The number of hydrogen-bond donors (Lipinski definition) is 2. The number of amides is 1. The summed E-state index contributed by atoms with van der Waals surface area (Å²) in [5, 5.41) is 3.17. The van der Waals surface area contributed by atoms with E-state index in [9.17, 15) is 4.79 Å². The molecule has 1 atom stereocenters. The lowest BCUT2D eigenvalue weighted by atomic mass is 9.84. The molecule has 1 aliphatic carbocycles. The molecule has 1 saturated carbocycles. The minimum Gasteiger partial charge on any atom is -0.352 e. The number of likely N-dealkylation sites (tertiary alicyclic amines) is 1. The fourth-order valence-corrected chi connectivity index (χ4v) is 3.56. The quantitative estimate of drug-likeness (QED) is 0.809. The van der Waals surface area contributed by atoms with Gasteiger partial charge in [0.2, 0.25) is 5.91 Å². The molecule has 1 unspecified atom stereocenters. The average Bonchev–Trinajstić information content (AvgIpc) is 2.42. The Balaban J connectivity index is 1.63. The van der Waals surface area contributed by atoms with Crippen LogP contribution in [0.1, 0.15) is 58.3 Å². The summed E-state index contributed by atoms with van der Waals surface area (Å²) in [5.74, 6) is 0.784. The second-order valence-corrected chi connectivity index (χ2v) is 6.81. The molecule has 0 radical (unpaired) electrons. The van der Waals surface area contributed by atoms with E-state index in [1.54, 1.807) is 0 Å². The Morgan fingerprint density at radius 3 is 2.50 bits per heavy atom. The second kappa shape index (κ2) is 7.99. The highest BCUT2D eigenvalue weighted by Crippen LogP contribution is 2.25. The lowest BCUT2D eigenvalue weighted by molar-refractivity contribution is -0.123. The lowest BCUT2D eigenvalue weighted by Gasteiger charge is -2.30. The monoisotopic (exact) mass is 281 g/mol. The third-order valence-electron chi connectivity index (χ3n) is 4.75. The number of hydrogen-bond acceptors (Lipinski definition) is 3. The number of carbonyl (C=O) groups excluding carboxylic acids is 1. The Hall–Kier alpha value is -0.610. The Morgan fingerprint density at radius 1 is 1.20 bits per heavy atom. The van der Waals surface area contributed by atoms with E-state index in [0.29, 0.717) is 18.4 Å². The average molecular weight is 281 g/mol. The van der Waals surface area contributed by atoms with E-state index in [-0.39, 0.29) is 11.9 Å². The Morgan fingerprint density at radius 2 is 1.85 bits per heavy atom. The maximum absolute atomic E-state index is 12.1. The summed E-state index contributed by atoms with van der Waals surface area (Å²) in [4.78, 5) is 14.6. The molecule has 4 nitrogen and oxygen atoms in total. The molecule has 1 aliphatic heterocycles. The summed E-state index contributed by atoms with van der Waals surface area (Å²) < 4.78 is 0. The molecule has 0 aromatic carbocycles. The molecular weight excluding hydrogens is 250 g/mol. The summed E-state index contributed by atoms with van der Waals surface area (Å²) >= 11 is 0. The normalized spacial score (nSPS) is 29.9. The highest BCUT2D eigenvalue weighted by Gasteiger charge is 2.22. The van der Waals surface area contributed by atoms with Gasteiger partial charge in [-0.15, -0.1) is 0 Å². The van der Waals surface area contributed by atoms with Crippen LogP contribution < -0.4 is 11.1 Å². The predicted molar refractivity (Wildman–Crippen MR) is 82.4 cm³/mol. The third kappa shape index (κ3) is 5.41. The van der Waals surface area contributed by atoms with Crippen molar-refractivity contribution >= 4 is 5.91 Å². The first-order valence-electron chi connectivity index (χ1n) is 8.41. The molecule has 20 heavy (non-hydrogen) atoms. The van der Waals surface area contributed by atoms with Gasteiger partial charge in [-0.2, -0.15) is 0 Å². The number of piperidine rings is 1. The van der Waals surface area contributed by atoms with E-state index >= 15 is 0 Å². The minimum atomic E-state index is 0.231. The minimum absolute atomic E-state index is 0.231. The topological polar surface area (TPSA) is 58.4 Å². The lowest BCUT2D eigenvalue weighted by Crippen LogP contribution is -2.44. The van der Waals surface area contributed by atoms with Crippen LogP contribution in [-0.4, -0.2) is 42.5 Å². The van der Waals surface area contributed by atoms with Crippen LogP contribution >= 0.6 is 0 Å². The molecule has 0 aromatic rings. The standard InChI is InChI=1S/C16H31N3O/c1-13(12-19-9-3-2-4-10-19)18-16(20)11-14-5-7-15(17)8-6-14/h13-15H,2-12,17H2,1H3,(H,18,20). The molecule has 0 bridgehead atoms. The first-order valence-corrected chi connectivity index (χ1v) is 8.41. The van der Waals surface area contributed by atoms with Gasteiger partial charge in [0, 0.05) is 25.0 Å². The van der Waals surface area contributed by atoms with E-state index in [1.165, 1.54) is 32.4 Å². The molecule has 1 saturated heterocycles. The molecule has 4 heteroatoms. The van der Waals surface area contributed by atoms with Gasteiger partial charge < -0.3 is 16.0 Å². The van der Waals surface area contributed by atoms with E-state index in [1.807, 2.05) is 0 Å². The zero-order valence-corrected chi connectivity index (χ0v) is 12.9. The van der Waals surface area contributed by atoms with Crippen molar-refractivity contribution in [1.82, 2.24) is 10.2 Å². The molecule has 2 rings (SSSR count). The first kappa shape index (κ1) is 15.8. The van der Waals surface area contributed by atoms with Gasteiger partial charge in [-0.25, -0.2) is 0 Å².